The predicted molar refractivity (Wildman–Crippen MR) is 91.3 cm³/mol. The molecule has 0 aliphatic heterocycles. The molecule has 3 aromatic heterocycles. The summed E-state index contributed by atoms with van der Waals surface area (Å²) in [7, 11) is 0. The number of rotatable bonds is 6. The van der Waals surface area contributed by atoms with Crippen LogP contribution < -0.4 is 0 Å². The van der Waals surface area contributed by atoms with Gasteiger partial charge in [-0.3, -0.25) is 0 Å². The summed E-state index contributed by atoms with van der Waals surface area (Å²) in [6.45, 7) is 3.81. The number of nitrogens with zero attached hydrogens (tertiary/aromatic N) is 5. The molecule has 3 heterocycles. The number of furan rings is 1. The molecule has 0 aromatic carbocycles. The van der Waals surface area contributed by atoms with Crippen molar-refractivity contribution in [2.24, 2.45) is 0 Å². The number of hydrogen-bond acceptors (Lipinski definition) is 7. The van der Waals surface area contributed by atoms with E-state index in [0.717, 1.165) is 22.2 Å². The monoisotopic (exact) mass is 357 g/mol. The molecule has 0 unspecified atom stereocenters. The zero-order chi connectivity index (χ0) is 17.0. The summed E-state index contributed by atoms with van der Waals surface area (Å²) in [6.07, 6.45) is 4.95. The van der Waals surface area contributed by atoms with Crippen LogP contribution >= 0.6 is 11.8 Å². The fraction of sp³-hybridized carbons (Fsp3) is 0.529. The summed E-state index contributed by atoms with van der Waals surface area (Å²) in [4.78, 5) is 0. The molecule has 2 saturated carbocycles. The summed E-state index contributed by atoms with van der Waals surface area (Å²) in [5.74, 6) is 5.11. The van der Waals surface area contributed by atoms with Gasteiger partial charge in [0.1, 0.15) is 17.3 Å². The van der Waals surface area contributed by atoms with E-state index in [1.165, 1.54) is 31.5 Å². The first kappa shape index (κ1) is 15.2. The third kappa shape index (κ3) is 2.88. The molecule has 0 radical (unpaired) electrons. The van der Waals surface area contributed by atoms with Gasteiger partial charge >= 0.3 is 0 Å². The van der Waals surface area contributed by atoms with E-state index in [9.17, 15) is 0 Å². The average Bonchev–Trinajstić information content (AvgIpc) is 3.50. The van der Waals surface area contributed by atoms with E-state index in [2.05, 4.69) is 25.0 Å². The van der Waals surface area contributed by atoms with Crippen LogP contribution in [0.2, 0.25) is 0 Å². The molecule has 0 saturated heterocycles. The molecule has 0 spiro atoms. The molecule has 0 atom stereocenters. The third-order valence-corrected chi connectivity index (χ3v) is 5.54. The van der Waals surface area contributed by atoms with Crippen molar-refractivity contribution in [3.8, 4) is 11.5 Å². The molecule has 2 aliphatic rings. The Balaban J connectivity index is 1.33. The highest BCUT2D eigenvalue weighted by atomic mass is 32.2. The summed E-state index contributed by atoms with van der Waals surface area (Å²) < 4.78 is 13.7. The Morgan fingerprint density at radius 1 is 1.08 bits per heavy atom. The van der Waals surface area contributed by atoms with Crippen molar-refractivity contribution in [2.75, 3.05) is 0 Å². The quantitative estimate of drug-likeness (QED) is 0.616. The molecule has 25 heavy (non-hydrogen) atoms. The maximum absolute atomic E-state index is 5.81. The van der Waals surface area contributed by atoms with Crippen molar-refractivity contribution in [1.29, 1.82) is 0 Å². The van der Waals surface area contributed by atoms with Crippen LogP contribution in [0.3, 0.4) is 0 Å². The molecular weight excluding hydrogens is 338 g/mol. The number of aromatic nitrogens is 5. The van der Waals surface area contributed by atoms with Gasteiger partial charge in [-0.1, -0.05) is 11.8 Å². The Morgan fingerprint density at radius 3 is 2.60 bits per heavy atom. The number of thioether (sulfide) groups is 1. The van der Waals surface area contributed by atoms with E-state index in [1.54, 1.807) is 11.8 Å². The minimum atomic E-state index is 0.507. The summed E-state index contributed by atoms with van der Waals surface area (Å²) >= 11 is 1.62. The second-order valence-corrected chi connectivity index (χ2v) is 7.78. The Bertz CT molecular complexity index is 920. The summed E-state index contributed by atoms with van der Waals surface area (Å²) in [5.41, 5.74) is 0.860. The second kappa shape index (κ2) is 5.72. The van der Waals surface area contributed by atoms with Crippen molar-refractivity contribution < 1.29 is 8.83 Å². The first-order valence-electron chi connectivity index (χ1n) is 8.66. The molecule has 0 N–H and O–H groups in total. The lowest BCUT2D eigenvalue weighted by Crippen LogP contribution is -2.01. The standard InChI is InChI=1S/C17H19N5O2S/c1-9-7-13(10(2)23-9)16-20-18-14(24-16)8-25-17-21-19-15(11-3-4-11)22(17)12-5-6-12/h7,11-12H,3-6,8H2,1-2H3. The van der Waals surface area contributed by atoms with Crippen LogP contribution in [0.1, 0.15) is 60.9 Å². The van der Waals surface area contributed by atoms with Gasteiger partial charge < -0.3 is 13.4 Å². The van der Waals surface area contributed by atoms with Gasteiger partial charge in [-0.25, -0.2) is 0 Å². The van der Waals surface area contributed by atoms with Crippen molar-refractivity contribution in [3.63, 3.8) is 0 Å². The Morgan fingerprint density at radius 2 is 1.92 bits per heavy atom. The van der Waals surface area contributed by atoms with E-state index in [0.29, 0.717) is 29.5 Å². The smallest absolute Gasteiger partial charge is 0.251 e. The minimum absolute atomic E-state index is 0.507. The fourth-order valence-electron chi connectivity index (χ4n) is 3.07. The first-order chi connectivity index (χ1) is 12.2. The summed E-state index contributed by atoms with van der Waals surface area (Å²) in [5, 5.41) is 18.1. The summed E-state index contributed by atoms with van der Waals surface area (Å²) in [6, 6.07) is 2.51. The van der Waals surface area contributed by atoms with Crippen LogP contribution in [0.25, 0.3) is 11.5 Å². The SMILES string of the molecule is Cc1cc(-c2nnc(CSc3nnc(C4CC4)n3C3CC3)o2)c(C)o1. The molecular formula is C17H19N5O2S. The highest BCUT2D eigenvalue weighted by molar-refractivity contribution is 7.98. The van der Waals surface area contributed by atoms with Crippen LogP contribution in [-0.2, 0) is 5.75 Å². The van der Waals surface area contributed by atoms with Crippen molar-refractivity contribution in [1.82, 2.24) is 25.0 Å². The molecule has 130 valence electrons. The van der Waals surface area contributed by atoms with Gasteiger partial charge in [0.15, 0.2) is 5.16 Å². The zero-order valence-electron chi connectivity index (χ0n) is 14.2. The van der Waals surface area contributed by atoms with Gasteiger partial charge in [0.2, 0.25) is 5.89 Å². The average molecular weight is 357 g/mol. The van der Waals surface area contributed by atoms with Gasteiger partial charge in [0.05, 0.1) is 11.3 Å². The van der Waals surface area contributed by atoms with Crippen molar-refractivity contribution in [3.05, 3.63) is 29.3 Å². The minimum Gasteiger partial charge on any atom is -0.466 e. The van der Waals surface area contributed by atoms with Crippen LogP contribution in [0.4, 0.5) is 0 Å². The Labute approximate surface area is 149 Å². The van der Waals surface area contributed by atoms with E-state index < -0.39 is 0 Å². The van der Waals surface area contributed by atoms with E-state index >= 15 is 0 Å². The van der Waals surface area contributed by atoms with Gasteiger partial charge in [-0.15, -0.1) is 20.4 Å². The number of hydrogen-bond donors (Lipinski definition) is 0. The topological polar surface area (TPSA) is 82.8 Å². The number of aryl methyl sites for hydroxylation is 2. The van der Waals surface area contributed by atoms with E-state index in [-0.39, 0.29) is 0 Å². The van der Waals surface area contributed by atoms with Crippen LogP contribution in [-0.4, -0.2) is 25.0 Å². The lowest BCUT2D eigenvalue weighted by molar-refractivity contribution is 0.499. The van der Waals surface area contributed by atoms with Crippen LogP contribution in [0, 0.1) is 13.8 Å². The molecule has 3 aromatic rings. The van der Waals surface area contributed by atoms with Crippen molar-refractivity contribution >= 4 is 11.8 Å². The van der Waals surface area contributed by atoms with E-state index in [4.69, 9.17) is 8.83 Å². The van der Waals surface area contributed by atoms with Gasteiger partial charge in [0, 0.05) is 12.0 Å². The molecule has 8 heteroatoms. The fourth-order valence-corrected chi connectivity index (χ4v) is 3.92. The molecule has 0 amide bonds. The normalized spacial score (nSPS) is 17.4. The molecule has 2 aliphatic carbocycles. The predicted octanol–water partition coefficient (Wildman–Crippen LogP) is 4.04. The van der Waals surface area contributed by atoms with Crippen molar-refractivity contribution in [2.45, 2.75) is 62.4 Å². The van der Waals surface area contributed by atoms with Crippen LogP contribution in [0.15, 0.2) is 20.1 Å². The molecule has 2 fully saturated rings. The maximum atomic E-state index is 5.81. The Kier molecular flexibility index (Phi) is 3.48. The molecule has 7 nitrogen and oxygen atoms in total. The van der Waals surface area contributed by atoms with Gasteiger partial charge in [0.25, 0.3) is 5.89 Å². The second-order valence-electron chi connectivity index (χ2n) is 6.83. The molecule has 0 bridgehead atoms. The highest BCUT2D eigenvalue weighted by Gasteiger charge is 2.36. The Hall–Kier alpha value is -2.09. The van der Waals surface area contributed by atoms with Gasteiger partial charge in [-0.05, 0) is 45.6 Å². The van der Waals surface area contributed by atoms with Crippen LogP contribution in [0.5, 0.6) is 0 Å². The maximum Gasteiger partial charge on any atom is 0.251 e. The first-order valence-corrected chi connectivity index (χ1v) is 9.65. The third-order valence-electron chi connectivity index (χ3n) is 4.61. The zero-order valence-corrected chi connectivity index (χ0v) is 15.0. The van der Waals surface area contributed by atoms with E-state index in [1.807, 2.05) is 19.9 Å². The lowest BCUT2D eigenvalue weighted by atomic mass is 10.2. The lowest BCUT2D eigenvalue weighted by Gasteiger charge is -2.06. The van der Waals surface area contributed by atoms with Gasteiger partial charge in [-0.2, -0.15) is 0 Å². The highest BCUT2D eigenvalue weighted by Crippen LogP contribution is 2.46. The largest absolute Gasteiger partial charge is 0.466 e. The molecule has 5 rings (SSSR count).